The van der Waals surface area contributed by atoms with Crippen molar-refractivity contribution in [2.75, 3.05) is 87.6 Å². The number of isocyanates is 1. The van der Waals surface area contributed by atoms with Crippen molar-refractivity contribution in [3.05, 3.63) is 0 Å². The van der Waals surface area contributed by atoms with E-state index in [0.717, 1.165) is 26.4 Å². The minimum absolute atomic E-state index is 0.616. The van der Waals surface area contributed by atoms with E-state index in [4.69, 9.17) is 0 Å². The Labute approximate surface area is 265 Å². The van der Waals surface area contributed by atoms with Crippen LogP contribution < -0.4 is 0 Å². The van der Waals surface area contributed by atoms with E-state index in [1.54, 1.807) is 6.08 Å². The first-order valence-corrected chi connectivity index (χ1v) is 18.6. The molecule has 0 bridgehead atoms. The van der Waals surface area contributed by atoms with E-state index in [-0.39, 0.29) is 0 Å². The summed E-state index contributed by atoms with van der Waals surface area (Å²) in [6.45, 7) is 13.7. The highest BCUT2D eigenvalue weighted by Gasteiger charge is 2.29. The molecule has 0 aromatic rings. The number of likely N-dealkylation sites (N-methyl/N-ethyl adjacent to an activating group) is 3. The van der Waals surface area contributed by atoms with Crippen LogP contribution in [0.25, 0.3) is 0 Å². The molecule has 0 N–H and O–H groups in total. The molecule has 250 valence electrons. The lowest BCUT2D eigenvalue weighted by atomic mass is 10.1. The van der Waals surface area contributed by atoms with Crippen LogP contribution >= 0.6 is 0 Å². The zero-order valence-electron chi connectivity index (χ0n) is 30.2. The molecule has 0 atom stereocenters. The molecule has 0 spiro atoms. The van der Waals surface area contributed by atoms with Crippen molar-refractivity contribution >= 4 is 6.08 Å². The summed E-state index contributed by atoms with van der Waals surface area (Å²) in [6, 6.07) is 0. The van der Waals surface area contributed by atoms with E-state index in [2.05, 4.69) is 54.1 Å². The second-order valence-corrected chi connectivity index (χ2v) is 15.2. The molecule has 0 saturated carbocycles. The monoisotopic (exact) mass is 596 g/mol. The summed E-state index contributed by atoms with van der Waals surface area (Å²) >= 11 is 0. The van der Waals surface area contributed by atoms with Crippen molar-refractivity contribution in [2.24, 2.45) is 4.99 Å². The van der Waals surface area contributed by atoms with Gasteiger partial charge in [-0.2, -0.15) is 0 Å². The molecule has 5 nitrogen and oxygen atoms in total. The van der Waals surface area contributed by atoms with E-state index in [1.807, 2.05) is 0 Å². The van der Waals surface area contributed by atoms with Gasteiger partial charge in [0.1, 0.15) is 26.2 Å². The van der Waals surface area contributed by atoms with Crippen LogP contribution in [0, 0.1) is 0 Å². The van der Waals surface area contributed by atoms with E-state index >= 15 is 0 Å². The molecule has 0 aliphatic rings. The maximum atomic E-state index is 10.6. The molecular weight excluding hydrogens is 516 g/mol. The lowest BCUT2D eigenvalue weighted by molar-refractivity contribution is -0.977. The van der Waals surface area contributed by atoms with Gasteiger partial charge in [-0.05, 0) is 25.7 Å². The smallest absolute Gasteiger partial charge is 0.234 e. The highest BCUT2D eigenvalue weighted by atomic mass is 16.1. The van der Waals surface area contributed by atoms with E-state index in [9.17, 15) is 4.79 Å². The van der Waals surface area contributed by atoms with Crippen molar-refractivity contribution in [1.82, 2.24) is 0 Å². The second kappa shape index (κ2) is 26.6. The van der Waals surface area contributed by atoms with Crippen molar-refractivity contribution in [3.8, 4) is 0 Å². The predicted octanol–water partition coefficient (Wildman–Crippen LogP) is 9.15. The molecule has 0 saturated heterocycles. The largest absolute Gasteiger partial charge is 0.324 e. The average Bonchev–Trinajstić information content (AvgIpc) is 2.95. The molecule has 0 unspecified atom stereocenters. The Morgan fingerprint density at radius 1 is 0.405 bits per heavy atom. The lowest BCUT2D eigenvalue weighted by Gasteiger charge is -2.40. The molecule has 42 heavy (non-hydrogen) atoms. The second-order valence-electron chi connectivity index (χ2n) is 15.2. The molecule has 0 aliphatic carbocycles. The van der Waals surface area contributed by atoms with Crippen LogP contribution in [0.4, 0.5) is 0 Å². The summed E-state index contributed by atoms with van der Waals surface area (Å²) in [5.41, 5.74) is 0. The van der Waals surface area contributed by atoms with Crippen LogP contribution in [0.3, 0.4) is 0 Å². The first-order valence-electron chi connectivity index (χ1n) is 18.6. The summed E-state index contributed by atoms with van der Waals surface area (Å²) in [5, 5.41) is 0. The number of aliphatic imine (C=N–C) groups is 1. The van der Waals surface area contributed by atoms with Gasteiger partial charge in [-0.3, -0.25) is 0 Å². The van der Waals surface area contributed by atoms with Crippen LogP contribution in [-0.2, 0) is 4.79 Å². The van der Waals surface area contributed by atoms with Crippen LogP contribution in [0.15, 0.2) is 4.99 Å². The van der Waals surface area contributed by atoms with E-state index in [1.165, 1.54) is 168 Å². The molecule has 0 radical (unpaired) electrons. The van der Waals surface area contributed by atoms with E-state index in [0.29, 0.717) is 6.54 Å². The maximum absolute atomic E-state index is 10.6. The fourth-order valence-electron chi connectivity index (χ4n) is 6.21. The van der Waals surface area contributed by atoms with Gasteiger partial charge in [-0.1, -0.05) is 117 Å². The molecular formula is C37H79N4O+3. The average molecular weight is 596 g/mol. The summed E-state index contributed by atoms with van der Waals surface area (Å²) in [6.07, 6.45) is 30.8. The Morgan fingerprint density at radius 3 is 1.07 bits per heavy atom. The van der Waals surface area contributed by atoms with Gasteiger partial charge in [-0.25, -0.2) is 9.79 Å². The third-order valence-electron chi connectivity index (χ3n) is 9.76. The van der Waals surface area contributed by atoms with Gasteiger partial charge in [0.25, 0.3) is 0 Å². The van der Waals surface area contributed by atoms with Crippen molar-refractivity contribution in [1.29, 1.82) is 0 Å². The SMILES string of the molecule is CCCCCCCCCCCC[N+](C)(C)CC[N+](C)(CCCN=C=O)CC[N+](C)(C)CCCCCCCCCCCC. The Balaban J connectivity index is 4.43. The zero-order chi connectivity index (χ0) is 31.4. The maximum Gasteiger partial charge on any atom is 0.234 e. The molecule has 0 aliphatic heterocycles. The zero-order valence-corrected chi connectivity index (χ0v) is 30.2. The number of carbonyl (C=O) groups excluding carboxylic acids is 1. The third-order valence-corrected chi connectivity index (χ3v) is 9.76. The Morgan fingerprint density at radius 2 is 0.738 bits per heavy atom. The minimum atomic E-state index is 0.616. The van der Waals surface area contributed by atoms with Crippen LogP contribution in [0.5, 0.6) is 0 Å². The fraction of sp³-hybridized carbons (Fsp3) is 0.973. The molecule has 0 heterocycles. The first-order chi connectivity index (χ1) is 20.1. The fourth-order valence-corrected chi connectivity index (χ4v) is 6.21. The van der Waals surface area contributed by atoms with Gasteiger partial charge < -0.3 is 13.4 Å². The van der Waals surface area contributed by atoms with Crippen molar-refractivity contribution in [3.63, 3.8) is 0 Å². The number of nitrogens with zero attached hydrogens (tertiary/aromatic N) is 4. The molecule has 0 fully saturated rings. The summed E-state index contributed by atoms with van der Waals surface area (Å²) in [5.74, 6) is 0. The van der Waals surface area contributed by atoms with Crippen LogP contribution in [-0.4, -0.2) is 107 Å². The predicted molar refractivity (Wildman–Crippen MR) is 186 cm³/mol. The van der Waals surface area contributed by atoms with Gasteiger partial charge in [0.15, 0.2) is 0 Å². The van der Waals surface area contributed by atoms with Gasteiger partial charge in [0.2, 0.25) is 6.08 Å². The third kappa shape index (κ3) is 26.9. The van der Waals surface area contributed by atoms with Gasteiger partial charge in [-0.15, -0.1) is 0 Å². The molecule has 0 aromatic heterocycles. The summed E-state index contributed by atoms with van der Waals surface area (Å²) in [7, 11) is 12.2. The molecule has 0 amide bonds. The number of hydrogen-bond acceptors (Lipinski definition) is 2. The number of hydrogen-bond donors (Lipinski definition) is 0. The van der Waals surface area contributed by atoms with Crippen LogP contribution in [0.2, 0.25) is 0 Å². The van der Waals surface area contributed by atoms with Crippen LogP contribution in [0.1, 0.15) is 149 Å². The molecule has 0 aromatic carbocycles. The van der Waals surface area contributed by atoms with Crippen molar-refractivity contribution in [2.45, 2.75) is 149 Å². The van der Waals surface area contributed by atoms with Gasteiger partial charge in [0, 0.05) is 6.42 Å². The summed E-state index contributed by atoms with van der Waals surface area (Å²) in [4.78, 5) is 14.5. The molecule has 5 heteroatoms. The Kier molecular flexibility index (Phi) is 26.2. The first kappa shape index (κ1) is 41.3. The topological polar surface area (TPSA) is 29.4 Å². The normalized spacial score (nSPS) is 12.5. The highest BCUT2D eigenvalue weighted by Crippen LogP contribution is 2.15. The lowest BCUT2D eigenvalue weighted by Crippen LogP contribution is -2.57. The number of unbranched alkanes of at least 4 members (excludes halogenated alkanes) is 18. The molecule has 0 rings (SSSR count). The quantitative estimate of drug-likeness (QED) is 0.0330. The van der Waals surface area contributed by atoms with E-state index < -0.39 is 0 Å². The minimum Gasteiger partial charge on any atom is -0.324 e. The Hall–Kier alpha value is -0.740. The number of quaternary nitrogens is 3. The van der Waals surface area contributed by atoms with Gasteiger partial charge >= 0.3 is 0 Å². The summed E-state index contributed by atoms with van der Waals surface area (Å²) < 4.78 is 3.33. The van der Waals surface area contributed by atoms with Gasteiger partial charge in [0.05, 0.1) is 61.4 Å². The Bertz CT molecular complexity index is 602. The highest BCUT2D eigenvalue weighted by molar-refractivity contribution is 5.32. The number of rotatable bonds is 32. The standard InChI is InChI=1S/C37H79N4O/c1-8-10-12-14-16-18-20-22-24-26-30-39(3,4)33-35-41(7,32-28-29-38-37-42)36-34-40(5,6)31-27-25-23-21-19-17-15-13-11-9-2/h8-36H2,1-7H3/q+3. The van der Waals surface area contributed by atoms with Crippen molar-refractivity contribution < 1.29 is 18.2 Å².